The van der Waals surface area contributed by atoms with E-state index in [0.29, 0.717) is 8.81 Å². The second-order valence-corrected chi connectivity index (χ2v) is 10.1. The molecule has 1 fully saturated rings. The van der Waals surface area contributed by atoms with Crippen molar-refractivity contribution in [1.29, 1.82) is 0 Å². The first-order chi connectivity index (χ1) is 9.32. The first kappa shape index (κ1) is 16.6. The Kier molecular flexibility index (Phi) is 5.47. The Balaban J connectivity index is 2.37. The fraction of sp³-hybridized carbons (Fsp3) is 0.545. The number of nitrogens with zero attached hydrogens (tertiary/aromatic N) is 1. The Hall–Kier alpha value is 0.270. The molecule has 0 radical (unpaired) electrons. The zero-order valence-electron chi connectivity index (χ0n) is 10.5. The Morgan fingerprint density at radius 3 is 2.60 bits per heavy atom. The van der Waals surface area contributed by atoms with Crippen molar-refractivity contribution in [2.45, 2.75) is 35.9 Å². The molecule has 1 heterocycles. The van der Waals surface area contributed by atoms with Crippen molar-refractivity contribution in [2.24, 2.45) is 5.73 Å². The van der Waals surface area contributed by atoms with Crippen molar-refractivity contribution in [3.05, 3.63) is 14.9 Å². The lowest BCUT2D eigenvalue weighted by atomic mass is 10.2. The molecule has 1 saturated carbocycles. The van der Waals surface area contributed by atoms with Crippen LogP contribution in [0.2, 0.25) is 5.02 Å². The standard InChI is InChI=1S/C11H14BrClN2O2S3/c12-11-8(13)5-10(19-11)20(16,17)15(6-9(14)18)7-3-1-2-4-7/h5,7H,1-4,6H2,(H2,14,18). The minimum Gasteiger partial charge on any atom is -0.392 e. The van der Waals surface area contributed by atoms with Crippen LogP contribution in [0.5, 0.6) is 0 Å². The van der Waals surface area contributed by atoms with Crippen LogP contribution in [0.4, 0.5) is 0 Å². The molecule has 112 valence electrons. The second-order valence-electron chi connectivity index (χ2n) is 4.64. The molecule has 0 unspecified atom stereocenters. The van der Waals surface area contributed by atoms with Gasteiger partial charge in [-0.05, 0) is 34.8 Å². The van der Waals surface area contributed by atoms with Gasteiger partial charge in [-0.1, -0.05) is 36.7 Å². The predicted octanol–water partition coefficient (Wildman–Crippen LogP) is 3.38. The van der Waals surface area contributed by atoms with E-state index in [0.717, 1.165) is 37.0 Å². The van der Waals surface area contributed by atoms with Crippen LogP contribution in [-0.2, 0) is 10.0 Å². The number of hydrogen-bond acceptors (Lipinski definition) is 4. The minimum atomic E-state index is -3.61. The van der Waals surface area contributed by atoms with Gasteiger partial charge in [0.05, 0.1) is 20.3 Å². The van der Waals surface area contributed by atoms with Gasteiger partial charge in [0.2, 0.25) is 0 Å². The maximum Gasteiger partial charge on any atom is 0.253 e. The van der Waals surface area contributed by atoms with Crippen LogP contribution in [0, 0.1) is 0 Å². The largest absolute Gasteiger partial charge is 0.392 e. The molecule has 2 N–H and O–H groups in total. The summed E-state index contributed by atoms with van der Waals surface area (Å²) in [6.07, 6.45) is 3.76. The lowest BCUT2D eigenvalue weighted by Gasteiger charge is -2.26. The number of sulfonamides is 1. The fourth-order valence-corrected chi connectivity index (χ4v) is 6.74. The third-order valence-electron chi connectivity index (χ3n) is 3.23. The Bertz CT molecular complexity index is 592. The Morgan fingerprint density at radius 1 is 1.55 bits per heavy atom. The predicted molar refractivity (Wildman–Crippen MR) is 90.0 cm³/mol. The van der Waals surface area contributed by atoms with Crippen LogP contribution in [0.25, 0.3) is 0 Å². The molecule has 1 aliphatic rings. The van der Waals surface area contributed by atoms with Gasteiger partial charge >= 0.3 is 0 Å². The molecular formula is C11H14BrClN2O2S3. The third-order valence-corrected chi connectivity index (χ3v) is 8.18. The highest BCUT2D eigenvalue weighted by Crippen LogP contribution is 2.37. The summed E-state index contributed by atoms with van der Waals surface area (Å²) in [4.78, 5) is 0.183. The highest BCUT2D eigenvalue weighted by atomic mass is 79.9. The van der Waals surface area contributed by atoms with Crippen molar-refractivity contribution >= 4 is 66.1 Å². The molecule has 2 rings (SSSR count). The molecule has 0 atom stereocenters. The van der Waals surface area contributed by atoms with Crippen molar-refractivity contribution in [3.8, 4) is 0 Å². The lowest BCUT2D eigenvalue weighted by Crippen LogP contribution is -2.43. The van der Waals surface area contributed by atoms with Crippen LogP contribution < -0.4 is 5.73 Å². The SMILES string of the molecule is NC(=S)CN(C1CCCC1)S(=O)(=O)c1cc(Cl)c(Br)s1. The molecule has 0 bridgehead atoms. The van der Waals surface area contributed by atoms with Crippen molar-refractivity contribution in [2.75, 3.05) is 6.54 Å². The summed E-state index contributed by atoms with van der Waals surface area (Å²) in [7, 11) is -3.61. The first-order valence-corrected chi connectivity index (χ1v) is 9.91. The molecular weight excluding hydrogens is 404 g/mol. The molecule has 0 spiro atoms. The van der Waals surface area contributed by atoms with Gasteiger partial charge in [-0.15, -0.1) is 11.3 Å². The van der Waals surface area contributed by atoms with E-state index < -0.39 is 10.0 Å². The number of thiophene rings is 1. The molecule has 0 aliphatic heterocycles. The average molecular weight is 418 g/mol. The molecule has 20 heavy (non-hydrogen) atoms. The van der Waals surface area contributed by atoms with Crippen molar-refractivity contribution < 1.29 is 8.42 Å². The van der Waals surface area contributed by atoms with Crippen molar-refractivity contribution in [1.82, 2.24) is 4.31 Å². The molecule has 4 nitrogen and oxygen atoms in total. The summed E-state index contributed by atoms with van der Waals surface area (Å²) in [6.45, 7) is 0.0788. The number of thiocarbonyl (C=S) groups is 1. The summed E-state index contributed by atoms with van der Waals surface area (Å²) in [5.74, 6) is 0. The maximum atomic E-state index is 12.8. The fourth-order valence-electron chi connectivity index (χ4n) is 2.33. The van der Waals surface area contributed by atoms with E-state index in [9.17, 15) is 8.42 Å². The summed E-state index contributed by atoms with van der Waals surface area (Å²) >= 11 is 15.2. The van der Waals surface area contributed by atoms with Crippen LogP contribution in [0.3, 0.4) is 0 Å². The summed E-state index contributed by atoms with van der Waals surface area (Å²) in [5, 5.41) is 0.398. The third kappa shape index (κ3) is 3.53. The number of halogens is 2. The highest BCUT2D eigenvalue weighted by Gasteiger charge is 2.35. The maximum absolute atomic E-state index is 12.8. The highest BCUT2D eigenvalue weighted by molar-refractivity contribution is 9.11. The van der Waals surface area contributed by atoms with Gasteiger partial charge in [-0.25, -0.2) is 8.42 Å². The van der Waals surface area contributed by atoms with Gasteiger partial charge in [0, 0.05) is 6.04 Å². The van der Waals surface area contributed by atoms with E-state index in [2.05, 4.69) is 15.9 Å². The van der Waals surface area contributed by atoms with E-state index in [1.54, 1.807) is 0 Å². The zero-order valence-corrected chi connectivity index (χ0v) is 15.3. The normalized spacial score (nSPS) is 16.9. The molecule has 9 heteroatoms. The first-order valence-electron chi connectivity index (χ1n) is 6.07. The number of nitrogens with two attached hydrogens (primary N) is 1. The minimum absolute atomic E-state index is 0.0267. The Morgan fingerprint density at radius 2 is 2.15 bits per heavy atom. The molecule has 0 amide bonds. The van der Waals surface area contributed by atoms with E-state index in [1.807, 2.05) is 0 Å². The van der Waals surface area contributed by atoms with Gasteiger partial charge in [-0.2, -0.15) is 4.31 Å². The topological polar surface area (TPSA) is 63.4 Å². The summed E-state index contributed by atoms with van der Waals surface area (Å²) in [5.41, 5.74) is 5.56. The second kappa shape index (κ2) is 6.58. The Labute approximate surface area is 141 Å². The van der Waals surface area contributed by atoms with Crippen LogP contribution in [0.15, 0.2) is 14.1 Å². The van der Waals surface area contributed by atoms with E-state index >= 15 is 0 Å². The number of rotatable bonds is 5. The van der Waals surface area contributed by atoms with E-state index in [-0.39, 0.29) is 21.8 Å². The van der Waals surface area contributed by atoms with Gasteiger partial charge in [0.1, 0.15) is 4.21 Å². The summed E-state index contributed by atoms with van der Waals surface area (Å²) in [6, 6.07) is 1.44. The smallest absolute Gasteiger partial charge is 0.253 e. The van der Waals surface area contributed by atoms with Crippen LogP contribution in [-0.4, -0.2) is 30.3 Å². The average Bonchev–Trinajstić information content (AvgIpc) is 2.97. The summed E-state index contributed by atoms with van der Waals surface area (Å²) < 4.78 is 27.8. The monoisotopic (exact) mass is 416 g/mol. The molecule has 1 aromatic heterocycles. The van der Waals surface area contributed by atoms with Crippen molar-refractivity contribution in [3.63, 3.8) is 0 Å². The molecule has 0 aromatic carbocycles. The lowest BCUT2D eigenvalue weighted by molar-refractivity contribution is 0.356. The van der Waals surface area contributed by atoms with E-state index in [1.165, 1.54) is 10.4 Å². The number of hydrogen-bond donors (Lipinski definition) is 1. The quantitative estimate of drug-likeness (QED) is 0.746. The molecule has 0 saturated heterocycles. The van der Waals surface area contributed by atoms with Gasteiger partial charge in [-0.3, -0.25) is 0 Å². The van der Waals surface area contributed by atoms with Crippen LogP contribution >= 0.6 is 51.1 Å². The van der Waals surface area contributed by atoms with Gasteiger partial charge in [0.15, 0.2) is 0 Å². The van der Waals surface area contributed by atoms with Gasteiger partial charge in [0.25, 0.3) is 10.0 Å². The van der Waals surface area contributed by atoms with Gasteiger partial charge < -0.3 is 5.73 Å². The van der Waals surface area contributed by atoms with Crippen LogP contribution in [0.1, 0.15) is 25.7 Å². The van der Waals surface area contributed by atoms with E-state index in [4.69, 9.17) is 29.6 Å². The zero-order chi connectivity index (χ0) is 14.9. The molecule has 1 aromatic rings. The molecule has 1 aliphatic carbocycles.